The third-order valence-corrected chi connectivity index (χ3v) is 3.20. The average Bonchev–Trinajstić information content (AvgIpc) is 2.31. The Morgan fingerprint density at radius 2 is 1.56 bits per heavy atom. The van der Waals surface area contributed by atoms with Crippen LogP contribution in [0, 0.1) is 0 Å². The Balaban J connectivity index is 2.25. The second-order valence-electron chi connectivity index (χ2n) is 3.97. The predicted octanol–water partition coefficient (Wildman–Crippen LogP) is 3.11. The fourth-order valence-electron chi connectivity index (χ4n) is 1.68. The Hall–Kier alpha value is -1.61. The van der Waals surface area contributed by atoms with Gasteiger partial charge in [0.25, 0.3) is 0 Å². The molecule has 0 saturated carbocycles. The molecule has 0 bridgehead atoms. The average molecular weight is 263 g/mol. The molecule has 0 aliphatic heterocycles. The van der Waals surface area contributed by atoms with Gasteiger partial charge >= 0.3 is 7.60 Å². The van der Waals surface area contributed by atoms with Gasteiger partial charge in [0, 0.05) is 11.4 Å². The van der Waals surface area contributed by atoms with E-state index in [9.17, 15) is 4.57 Å². The van der Waals surface area contributed by atoms with E-state index < -0.39 is 7.60 Å². The molecule has 0 aliphatic rings. The van der Waals surface area contributed by atoms with Crippen LogP contribution in [0.5, 0.6) is 0 Å². The van der Waals surface area contributed by atoms with Crippen LogP contribution >= 0.6 is 7.60 Å². The van der Waals surface area contributed by atoms with Gasteiger partial charge in [0.2, 0.25) is 0 Å². The van der Waals surface area contributed by atoms with Gasteiger partial charge in [0.05, 0.1) is 6.16 Å². The van der Waals surface area contributed by atoms with E-state index in [0.29, 0.717) is 11.3 Å². The standard InChI is InChI=1S/C13H14NO3P/c15-18(16,17)10-11-6-4-5-9-13(11)14-12-7-2-1-3-8-12/h1-9,14H,10H2,(H2,15,16,17). The van der Waals surface area contributed by atoms with Gasteiger partial charge in [-0.05, 0) is 23.8 Å². The Labute approximate surface area is 105 Å². The summed E-state index contributed by atoms with van der Waals surface area (Å²) in [6.07, 6.45) is -0.261. The summed E-state index contributed by atoms with van der Waals surface area (Å²) in [5.41, 5.74) is 2.21. The molecule has 0 atom stereocenters. The first-order chi connectivity index (χ1) is 8.54. The lowest BCUT2D eigenvalue weighted by molar-refractivity contribution is 0.372. The summed E-state index contributed by atoms with van der Waals surface area (Å²) in [6, 6.07) is 16.6. The molecule has 0 aromatic heterocycles. The summed E-state index contributed by atoms with van der Waals surface area (Å²) < 4.78 is 11.1. The Kier molecular flexibility index (Phi) is 3.82. The lowest BCUT2D eigenvalue weighted by Gasteiger charge is -2.12. The van der Waals surface area contributed by atoms with Gasteiger partial charge in [0.15, 0.2) is 0 Å². The van der Waals surface area contributed by atoms with Crippen LogP contribution in [0.3, 0.4) is 0 Å². The summed E-state index contributed by atoms with van der Waals surface area (Å²) >= 11 is 0. The van der Waals surface area contributed by atoms with E-state index in [-0.39, 0.29) is 6.16 Å². The summed E-state index contributed by atoms with van der Waals surface area (Å²) in [4.78, 5) is 18.1. The van der Waals surface area contributed by atoms with E-state index >= 15 is 0 Å². The summed E-state index contributed by atoms with van der Waals surface area (Å²) in [5, 5.41) is 3.15. The van der Waals surface area contributed by atoms with Crippen molar-refractivity contribution in [2.24, 2.45) is 0 Å². The van der Waals surface area contributed by atoms with Crippen LogP contribution in [0.15, 0.2) is 54.6 Å². The molecule has 0 radical (unpaired) electrons. The van der Waals surface area contributed by atoms with Crippen molar-refractivity contribution in [1.29, 1.82) is 0 Å². The Bertz CT molecular complexity index is 565. The minimum Gasteiger partial charge on any atom is -0.355 e. The topological polar surface area (TPSA) is 69.6 Å². The molecule has 0 amide bonds. The van der Waals surface area contributed by atoms with E-state index in [1.165, 1.54) is 0 Å². The van der Waals surface area contributed by atoms with Gasteiger partial charge < -0.3 is 15.1 Å². The maximum Gasteiger partial charge on any atom is 0.329 e. The number of hydrogen-bond acceptors (Lipinski definition) is 2. The maximum absolute atomic E-state index is 11.1. The molecular weight excluding hydrogens is 249 g/mol. The lowest BCUT2D eigenvalue weighted by Crippen LogP contribution is -1.96. The third-order valence-electron chi connectivity index (χ3n) is 2.45. The fraction of sp³-hybridized carbons (Fsp3) is 0.0769. The molecule has 2 rings (SSSR count). The fourth-order valence-corrected chi connectivity index (χ4v) is 2.40. The molecule has 0 aliphatic carbocycles. The summed E-state index contributed by atoms with van der Waals surface area (Å²) in [5.74, 6) is 0. The van der Waals surface area contributed by atoms with Gasteiger partial charge in [0.1, 0.15) is 0 Å². The molecule has 5 heteroatoms. The number of benzene rings is 2. The molecule has 0 spiro atoms. The van der Waals surface area contributed by atoms with Crippen molar-refractivity contribution >= 4 is 19.0 Å². The van der Waals surface area contributed by atoms with Gasteiger partial charge in [-0.15, -0.1) is 0 Å². The number of para-hydroxylation sites is 2. The van der Waals surface area contributed by atoms with Gasteiger partial charge in [-0.3, -0.25) is 4.57 Å². The molecule has 0 saturated heterocycles. The van der Waals surface area contributed by atoms with E-state index in [0.717, 1.165) is 5.69 Å². The molecule has 2 aromatic carbocycles. The van der Waals surface area contributed by atoms with Crippen molar-refractivity contribution in [2.45, 2.75) is 6.16 Å². The first kappa shape index (κ1) is 12.8. The van der Waals surface area contributed by atoms with Crippen LogP contribution in [0.4, 0.5) is 11.4 Å². The van der Waals surface area contributed by atoms with E-state index in [2.05, 4.69) is 5.32 Å². The monoisotopic (exact) mass is 263 g/mol. The van der Waals surface area contributed by atoms with Crippen molar-refractivity contribution in [3.63, 3.8) is 0 Å². The van der Waals surface area contributed by atoms with Crippen LogP contribution < -0.4 is 5.32 Å². The molecule has 18 heavy (non-hydrogen) atoms. The first-order valence-electron chi connectivity index (χ1n) is 5.49. The highest BCUT2D eigenvalue weighted by Crippen LogP contribution is 2.41. The largest absolute Gasteiger partial charge is 0.355 e. The number of hydrogen-bond donors (Lipinski definition) is 3. The third kappa shape index (κ3) is 3.70. The van der Waals surface area contributed by atoms with Crippen LogP contribution in [-0.4, -0.2) is 9.79 Å². The van der Waals surface area contributed by atoms with E-state index in [1.807, 2.05) is 36.4 Å². The molecule has 0 unspecified atom stereocenters. The summed E-state index contributed by atoms with van der Waals surface area (Å²) in [7, 11) is -4.06. The highest BCUT2D eigenvalue weighted by atomic mass is 31.2. The highest BCUT2D eigenvalue weighted by molar-refractivity contribution is 7.50. The quantitative estimate of drug-likeness (QED) is 0.741. The molecule has 3 N–H and O–H groups in total. The molecule has 4 nitrogen and oxygen atoms in total. The smallest absolute Gasteiger partial charge is 0.329 e. The van der Waals surface area contributed by atoms with Crippen molar-refractivity contribution in [2.75, 3.05) is 5.32 Å². The second-order valence-corrected chi connectivity index (χ2v) is 5.62. The SMILES string of the molecule is O=P(O)(O)Cc1ccccc1Nc1ccccc1. The minimum absolute atomic E-state index is 0.261. The normalized spacial score (nSPS) is 11.2. The Morgan fingerprint density at radius 3 is 2.22 bits per heavy atom. The zero-order valence-corrected chi connectivity index (χ0v) is 10.5. The van der Waals surface area contributed by atoms with Crippen LogP contribution in [-0.2, 0) is 10.7 Å². The van der Waals surface area contributed by atoms with Gasteiger partial charge in [-0.1, -0.05) is 36.4 Å². The zero-order valence-electron chi connectivity index (χ0n) is 9.65. The predicted molar refractivity (Wildman–Crippen MR) is 71.9 cm³/mol. The minimum atomic E-state index is -4.06. The van der Waals surface area contributed by atoms with E-state index in [4.69, 9.17) is 9.79 Å². The molecule has 0 heterocycles. The molecule has 2 aromatic rings. The Morgan fingerprint density at radius 1 is 0.944 bits per heavy atom. The number of nitrogens with one attached hydrogen (secondary N) is 1. The number of anilines is 2. The van der Waals surface area contributed by atoms with Gasteiger partial charge in [-0.25, -0.2) is 0 Å². The maximum atomic E-state index is 11.1. The number of rotatable bonds is 4. The van der Waals surface area contributed by atoms with Gasteiger partial charge in [-0.2, -0.15) is 0 Å². The van der Waals surface area contributed by atoms with Crippen LogP contribution in [0.2, 0.25) is 0 Å². The molecular formula is C13H14NO3P. The molecule has 0 fully saturated rings. The van der Waals surface area contributed by atoms with Crippen molar-refractivity contribution in [1.82, 2.24) is 0 Å². The van der Waals surface area contributed by atoms with Crippen LogP contribution in [0.1, 0.15) is 5.56 Å². The summed E-state index contributed by atoms with van der Waals surface area (Å²) in [6.45, 7) is 0. The lowest BCUT2D eigenvalue weighted by atomic mass is 10.2. The molecule has 94 valence electrons. The highest BCUT2D eigenvalue weighted by Gasteiger charge is 2.16. The van der Waals surface area contributed by atoms with E-state index in [1.54, 1.807) is 18.2 Å². The van der Waals surface area contributed by atoms with Crippen molar-refractivity contribution in [3.05, 3.63) is 60.2 Å². The first-order valence-corrected chi connectivity index (χ1v) is 7.29. The van der Waals surface area contributed by atoms with Crippen molar-refractivity contribution in [3.8, 4) is 0 Å². The second kappa shape index (κ2) is 5.36. The zero-order chi connectivity index (χ0) is 13.0. The van der Waals surface area contributed by atoms with Crippen LogP contribution in [0.25, 0.3) is 0 Å². The van der Waals surface area contributed by atoms with Crippen molar-refractivity contribution < 1.29 is 14.4 Å².